The number of hydrogen-bond donors (Lipinski definition) is 2. The minimum atomic E-state index is -0.475. The van der Waals surface area contributed by atoms with E-state index in [-0.39, 0.29) is 22.9 Å². The summed E-state index contributed by atoms with van der Waals surface area (Å²) in [6, 6.07) is 12.4. The lowest BCUT2D eigenvalue weighted by atomic mass is 9.50. The molecule has 0 aliphatic heterocycles. The van der Waals surface area contributed by atoms with Gasteiger partial charge < -0.3 is 20.1 Å². The van der Waals surface area contributed by atoms with Gasteiger partial charge in [-0.1, -0.05) is 6.07 Å². The molecule has 4 aliphatic rings. The SMILES string of the molecule is COc1ccc(C(=O)NC23CC4CC(CC(NC(=O)Oc5ccccn5)(C4)C2)C3)cc1. The average molecular weight is 421 g/mol. The summed E-state index contributed by atoms with van der Waals surface area (Å²) in [4.78, 5) is 29.7. The van der Waals surface area contributed by atoms with Crippen LogP contribution in [0, 0.1) is 11.8 Å². The number of hydrogen-bond acceptors (Lipinski definition) is 5. The smallest absolute Gasteiger partial charge is 0.414 e. The van der Waals surface area contributed by atoms with Crippen molar-refractivity contribution in [2.75, 3.05) is 7.11 Å². The second-order valence-electron chi connectivity index (χ2n) is 9.39. The number of ether oxygens (including phenoxy) is 2. The molecule has 1 aromatic carbocycles. The fourth-order valence-corrected chi connectivity index (χ4v) is 6.35. The van der Waals surface area contributed by atoms with Gasteiger partial charge in [0.15, 0.2) is 0 Å². The molecule has 6 rings (SSSR count). The Morgan fingerprint density at radius 1 is 0.968 bits per heavy atom. The van der Waals surface area contributed by atoms with Crippen LogP contribution in [0.1, 0.15) is 48.9 Å². The van der Waals surface area contributed by atoms with Crippen molar-refractivity contribution in [3.63, 3.8) is 0 Å². The van der Waals surface area contributed by atoms with Crippen LogP contribution in [0.5, 0.6) is 11.6 Å². The van der Waals surface area contributed by atoms with Gasteiger partial charge in [0.2, 0.25) is 5.88 Å². The summed E-state index contributed by atoms with van der Waals surface area (Å²) >= 11 is 0. The lowest BCUT2D eigenvalue weighted by Crippen LogP contribution is -2.70. The monoisotopic (exact) mass is 421 g/mol. The molecule has 4 fully saturated rings. The van der Waals surface area contributed by atoms with Gasteiger partial charge in [-0.15, -0.1) is 0 Å². The summed E-state index contributed by atoms with van der Waals surface area (Å²) < 4.78 is 10.6. The van der Waals surface area contributed by atoms with E-state index in [1.165, 1.54) is 6.42 Å². The Morgan fingerprint density at radius 3 is 2.26 bits per heavy atom. The van der Waals surface area contributed by atoms with Crippen LogP contribution in [0.15, 0.2) is 48.7 Å². The Labute approximate surface area is 181 Å². The van der Waals surface area contributed by atoms with Gasteiger partial charge in [0.25, 0.3) is 5.91 Å². The van der Waals surface area contributed by atoms with Gasteiger partial charge in [0, 0.05) is 28.9 Å². The minimum absolute atomic E-state index is 0.0733. The molecule has 0 saturated heterocycles. The molecule has 4 aliphatic carbocycles. The molecule has 31 heavy (non-hydrogen) atoms. The van der Waals surface area contributed by atoms with Crippen molar-refractivity contribution in [2.24, 2.45) is 11.8 Å². The van der Waals surface area contributed by atoms with E-state index < -0.39 is 6.09 Å². The molecule has 2 N–H and O–H groups in total. The predicted octanol–water partition coefficient (Wildman–Crippen LogP) is 3.70. The van der Waals surface area contributed by atoms with Crippen LogP contribution in [-0.2, 0) is 0 Å². The first-order chi connectivity index (χ1) is 15.0. The Morgan fingerprint density at radius 2 is 1.65 bits per heavy atom. The Kier molecular flexibility index (Phi) is 4.84. The topological polar surface area (TPSA) is 89.6 Å². The Hall–Kier alpha value is -3.09. The molecule has 0 spiro atoms. The number of pyridine rings is 1. The zero-order valence-electron chi connectivity index (χ0n) is 17.6. The third kappa shape index (κ3) is 3.96. The van der Waals surface area contributed by atoms with E-state index in [9.17, 15) is 9.59 Å². The van der Waals surface area contributed by atoms with Gasteiger partial charge in [-0.25, -0.2) is 9.78 Å². The number of amides is 2. The molecule has 7 nitrogen and oxygen atoms in total. The zero-order chi connectivity index (χ0) is 21.5. The van der Waals surface area contributed by atoms with E-state index in [2.05, 4.69) is 15.6 Å². The second kappa shape index (κ2) is 7.55. The summed E-state index contributed by atoms with van der Waals surface area (Å²) in [5.41, 5.74) is -0.0178. The second-order valence-corrected chi connectivity index (χ2v) is 9.39. The highest BCUT2D eigenvalue weighted by atomic mass is 16.6. The van der Waals surface area contributed by atoms with Gasteiger partial charge >= 0.3 is 6.09 Å². The molecule has 7 heteroatoms. The van der Waals surface area contributed by atoms with E-state index in [0.717, 1.165) is 37.9 Å². The standard InChI is InChI=1S/C24H27N3O4/c1-30-19-7-5-18(6-8-19)21(28)26-23-11-16-10-17(12-23)14-24(13-16,15-23)27-22(29)31-20-4-2-3-9-25-20/h2-9,16-17H,10-15H2,1H3,(H,26,28)(H,27,29). The van der Waals surface area contributed by atoms with Gasteiger partial charge in [-0.3, -0.25) is 4.79 Å². The molecular formula is C24H27N3O4. The van der Waals surface area contributed by atoms with Crippen LogP contribution in [0.25, 0.3) is 0 Å². The first-order valence-electron chi connectivity index (χ1n) is 10.8. The van der Waals surface area contributed by atoms with Crippen molar-refractivity contribution >= 4 is 12.0 Å². The molecular weight excluding hydrogens is 394 g/mol. The number of benzene rings is 1. The normalized spacial score (nSPS) is 30.5. The number of nitrogens with one attached hydrogen (secondary N) is 2. The van der Waals surface area contributed by atoms with Crippen molar-refractivity contribution in [1.29, 1.82) is 0 Å². The number of nitrogens with zero attached hydrogens (tertiary/aromatic N) is 1. The first-order valence-corrected chi connectivity index (χ1v) is 10.8. The number of carbonyl (C=O) groups is 2. The fraction of sp³-hybridized carbons (Fsp3) is 0.458. The van der Waals surface area contributed by atoms with Gasteiger partial charge in [-0.2, -0.15) is 0 Å². The van der Waals surface area contributed by atoms with Gasteiger partial charge in [-0.05, 0) is 80.7 Å². The van der Waals surface area contributed by atoms with E-state index in [1.54, 1.807) is 55.8 Å². The van der Waals surface area contributed by atoms with E-state index in [1.807, 2.05) is 0 Å². The lowest BCUT2D eigenvalue weighted by Gasteiger charge is -2.62. The van der Waals surface area contributed by atoms with E-state index in [0.29, 0.717) is 17.4 Å². The predicted molar refractivity (Wildman–Crippen MR) is 114 cm³/mol. The maximum atomic E-state index is 13.0. The molecule has 2 aromatic rings. The van der Waals surface area contributed by atoms with Crippen LogP contribution >= 0.6 is 0 Å². The summed E-state index contributed by atoms with van der Waals surface area (Å²) in [6.07, 6.45) is 6.80. The maximum Gasteiger partial charge on any atom is 0.414 e. The highest BCUT2D eigenvalue weighted by molar-refractivity contribution is 5.94. The minimum Gasteiger partial charge on any atom is -0.497 e. The zero-order valence-corrected chi connectivity index (χ0v) is 17.6. The van der Waals surface area contributed by atoms with Crippen molar-refractivity contribution in [3.05, 3.63) is 54.2 Å². The molecule has 1 heterocycles. The Bertz CT molecular complexity index is 962. The van der Waals surface area contributed by atoms with Crippen LogP contribution in [-0.4, -0.2) is 35.2 Å². The largest absolute Gasteiger partial charge is 0.497 e. The third-order valence-electron chi connectivity index (χ3n) is 6.99. The van der Waals surface area contributed by atoms with Gasteiger partial charge in [0.05, 0.1) is 7.11 Å². The number of carbonyl (C=O) groups excluding carboxylic acids is 2. The van der Waals surface area contributed by atoms with Crippen LogP contribution in [0.4, 0.5) is 4.79 Å². The van der Waals surface area contributed by atoms with Crippen LogP contribution in [0.2, 0.25) is 0 Å². The molecule has 162 valence electrons. The number of aromatic nitrogens is 1. The van der Waals surface area contributed by atoms with Crippen molar-refractivity contribution in [3.8, 4) is 11.6 Å². The maximum absolute atomic E-state index is 13.0. The summed E-state index contributed by atoms with van der Waals surface area (Å²) in [7, 11) is 1.61. The quantitative estimate of drug-likeness (QED) is 0.768. The number of rotatable bonds is 5. The lowest BCUT2D eigenvalue weighted by molar-refractivity contribution is -0.0449. The van der Waals surface area contributed by atoms with Gasteiger partial charge in [0.1, 0.15) is 5.75 Å². The molecule has 0 radical (unpaired) electrons. The molecule has 2 amide bonds. The summed E-state index contributed by atoms with van der Waals surface area (Å²) in [6.45, 7) is 0. The van der Waals surface area contributed by atoms with Crippen molar-refractivity contribution in [1.82, 2.24) is 15.6 Å². The highest BCUT2D eigenvalue weighted by Crippen LogP contribution is 2.57. The van der Waals surface area contributed by atoms with Crippen LogP contribution < -0.4 is 20.1 Å². The molecule has 4 saturated carbocycles. The highest BCUT2D eigenvalue weighted by Gasteiger charge is 2.59. The summed E-state index contributed by atoms with van der Waals surface area (Å²) in [5, 5.41) is 6.50. The summed E-state index contributed by atoms with van der Waals surface area (Å²) in [5.74, 6) is 1.92. The van der Waals surface area contributed by atoms with Crippen LogP contribution in [0.3, 0.4) is 0 Å². The first kappa shape index (κ1) is 19.8. The van der Waals surface area contributed by atoms with Crippen molar-refractivity contribution < 1.29 is 19.1 Å². The fourth-order valence-electron chi connectivity index (χ4n) is 6.35. The molecule has 4 bridgehead atoms. The molecule has 1 aromatic heterocycles. The average Bonchev–Trinajstić information content (AvgIpc) is 2.72. The van der Waals surface area contributed by atoms with E-state index in [4.69, 9.17) is 9.47 Å². The third-order valence-corrected chi connectivity index (χ3v) is 6.99. The Balaban J connectivity index is 1.31. The van der Waals surface area contributed by atoms with Crippen molar-refractivity contribution in [2.45, 2.75) is 49.6 Å². The van der Waals surface area contributed by atoms with E-state index >= 15 is 0 Å². The molecule has 2 atom stereocenters. The molecule has 2 unspecified atom stereocenters. The number of methoxy groups -OCH3 is 1.